The molecule has 0 saturated carbocycles. The number of benzene rings is 2. The van der Waals surface area contributed by atoms with E-state index in [2.05, 4.69) is 39.0 Å². The Bertz CT molecular complexity index is 849. The summed E-state index contributed by atoms with van der Waals surface area (Å²) in [5.74, 6) is -0.228. The lowest BCUT2D eigenvalue weighted by molar-refractivity contribution is 0.243. The molecule has 1 aliphatic rings. The van der Waals surface area contributed by atoms with Crippen molar-refractivity contribution >= 4 is 44.2 Å². The summed E-state index contributed by atoms with van der Waals surface area (Å²) in [4.78, 5) is 9.36. The number of anilines is 1. The van der Waals surface area contributed by atoms with Gasteiger partial charge in [0, 0.05) is 38.4 Å². The molecule has 1 aromatic heterocycles. The molecule has 2 N–H and O–H groups in total. The van der Waals surface area contributed by atoms with Crippen LogP contribution >= 0.6 is 28.3 Å². The number of halogens is 2. The van der Waals surface area contributed by atoms with Gasteiger partial charge < -0.3 is 10.6 Å². The third-order valence-corrected chi connectivity index (χ3v) is 5.78. The van der Waals surface area contributed by atoms with E-state index < -0.39 is 0 Å². The molecule has 1 aliphatic heterocycles. The van der Waals surface area contributed by atoms with Crippen molar-refractivity contribution in [3.8, 4) is 0 Å². The summed E-state index contributed by atoms with van der Waals surface area (Å²) in [6.07, 6.45) is 0. The van der Waals surface area contributed by atoms with Crippen LogP contribution in [0.5, 0.6) is 0 Å². The van der Waals surface area contributed by atoms with E-state index >= 15 is 0 Å². The maximum Gasteiger partial charge on any atom is 0.124 e. The monoisotopic (exact) mass is 436 g/mol. The van der Waals surface area contributed by atoms with Crippen LogP contribution in [0, 0.1) is 5.82 Å². The van der Waals surface area contributed by atoms with Crippen LogP contribution in [0.3, 0.4) is 0 Å². The second kappa shape index (κ2) is 8.43. The molecule has 1 atom stereocenters. The smallest absolute Gasteiger partial charge is 0.124 e. The molecule has 0 amide bonds. The normalized spacial score (nSPS) is 16.5. The summed E-state index contributed by atoms with van der Waals surface area (Å²) in [6.45, 7) is 4.76. The molecule has 26 heavy (non-hydrogen) atoms. The molecular weight excluding hydrogens is 415 g/mol. The third kappa shape index (κ3) is 4.23. The van der Waals surface area contributed by atoms with Crippen molar-refractivity contribution in [1.82, 2.24) is 9.88 Å². The average molecular weight is 437 g/mol. The molecule has 0 bridgehead atoms. The molecule has 2 aromatic carbocycles. The lowest BCUT2D eigenvalue weighted by Crippen LogP contribution is -2.48. The number of hydrogen-bond donors (Lipinski definition) is 1. The maximum absolute atomic E-state index is 13.3. The average Bonchev–Trinajstić information content (AvgIpc) is 3.06. The van der Waals surface area contributed by atoms with Crippen LogP contribution in [-0.2, 0) is 0 Å². The Morgan fingerprint density at radius 3 is 2.54 bits per heavy atom. The van der Waals surface area contributed by atoms with Crippen LogP contribution in [0.25, 0.3) is 10.2 Å². The van der Waals surface area contributed by atoms with Gasteiger partial charge in [0.2, 0.25) is 0 Å². The Morgan fingerprint density at radius 1 is 1.08 bits per heavy atom. The maximum atomic E-state index is 13.3. The SMILES string of the molecule is Br.NC(CN1CCN(c2ccccc2)CC1)c1nc2ccc(F)cc2s1. The van der Waals surface area contributed by atoms with Gasteiger partial charge in [-0.1, -0.05) is 18.2 Å². The highest BCUT2D eigenvalue weighted by atomic mass is 79.9. The van der Waals surface area contributed by atoms with Crippen LogP contribution in [0.4, 0.5) is 10.1 Å². The van der Waals surface area contributed by atoms with Gasteiger partial charge in [0.15, 0.2) is 0 Å². The first-order chi connectivity index (χ1) is 12.2. The fourth-order valence-electron chi connectivity index (χ4n) is 3.26. The summed E-state index contributed by atoms with van der Waals surface area (Å²) >= 11 is 1.49. The second-order valence-corrected chi connectivity index (χ2v) is 7.46. The van der Waals surface area contributed by atoms with Gasteiger partial charge in [-0.25, -0.2) is 9.37 Å². The number of fused-ring (bicyclic) bond motifs is 1. The van der Waals surface area contributed by atoms with Crippen molar-refractivity contribution in [2.24, 2.45) is 5.73 Å². The Labute approximate surface area is 167 Å². The van der Waals surface area contributed by atoms with Gasteiger partial charge in [-0.2, -0.15) is 0 Å². The third-order valence-electron chi connectivity index (χ3n) is 4.63. The molecular formula is C19H22BrFN4S. The van der Waals surface area contributed by atoms with Crippen molar-refractivity contribution in [3.05, 3.63) is 59.4 Å². The lowest BCUT2D eigenvalue weighted by atomic mass is 10.2. The predicted octanol–water partition coefficient (Wildman–Crippen LogP) is 3.84. The lowest BCUT2D eigenvalue weighted by Gasteiger charge is -2.36. The number of para-hydroxylation sites is 1. The summed E-state index contributed by atoms with van der Waals surface area (Å²) in [7, 11) is 0. The highest BCUT2D eigenvalue weighted by Crippen LogP contribution is 2.27. The van der Waals surface area contributed by atoms with E-state index in [9.17, 15) is 4.39 Å². The molecule has 7 heteroatoms. The van der Waals surface area contributed by atoms with E-state index in [4.69, 9.17) is 5.73 Å². The fraction of sp³-hybridized carbons (Fsp3) is 0.316. The Morgan fingerprint density at radius 2 is 1.81 bits per heavy atom. The van der Waals surface area contributed by atoms with Crippen molar-refractivity contribution in [3.63, 3.8) is 0 Å². The number of rotatable bonds is 4. The Hall–Kier alpha value is -1.54. The van der Waals surface area contributed by atoms with E-state index in [-0.39, 0.29) is 28.8 Å². The highest BCUT2D eigenvalue weighted by Gasteiger charge is 2.21. The van der Waals surface area contributed by atoms with Crippen LogP contribution in [0.1, 0.15) is 11.0 Å². The van der Waals surface area contributed by atoms with Crippen molar-refractivity contribution in [2.75, 3.05) is 37.6 Å². The van der Waals surface area contributed by atoms with Crippen molar-refractivity contribution in [1.29, 1.82) is 0 Å². The van der Waals surface area contributed by atoms with Gasteiger partial charge in [0.25, 0.3) is 0 Å². The minimum absolute atomic E-state index is 0. The molecule has 1 fully saturated rings. The Balaban J connectivity index is 0.00000196. The minimum atomic E-state index is -0.228. The van der Waals surface area contributed by atoms with Crippen molar-refractivity contribution < 1.29 is 4.39 Å². The number of nitrogens with zero attached hydrogens (tertiary/aromatic N) is 3. The zero-order valence-corrected chi connectivity index (χ0v) is 16.9. The quantitative estimate of drug-likeness (QED) is 0.674. The molecule has 4 nitrogen and oxygen atoms in total. The first kappa shape index (κ1) is 19.2. The van der Waals surface area contributed by atoms with Crippen LogP contribution in [0.2, 0.25) is 0 Å². The van der Waals surface area contributed by atoms with E-state index in [1.807, 2.05) is 6.07 Å². The molecule has 3 aromatic rings. The topological polar surface area (TPSA) is 45.4 Å². The highest BCUT2D eigenvalue weighted by molar-refractivity contribution is 8.93. The van der Waals surface area contributed by atoms with Crippen LogP contribution < -0.4 is 10.6 Å². The largest absolute Gasteiger partial charge is 0.369 e. The van der Waals surface area contributed by atoms with Gasteiger partial charge in [-0.15, -0.1) is 28.3 Å². The summed E-state index contributed by atoms with van der Waals surface area (Å²) in [5, 5.41) is 0.881. The summed E-state index contributed by atoms with van der Waals surface area (Å²) in [5.41, 5.74) is 8.47. The zero-order valence-electron chi connectivity index (χ0n) is 14.3. The molecule has 138 valence electrons. The standard InChI is InChI=1S/C19H21FN4S.BrH/c20-14-6-7-17-18(12-14)25-19(22-17)16(21)13-23-8-10-24(11-9-23)15-4-2-1-3-5-15;/h1-7,12,16H,8-11,13,21H2;1H. The van der Waals surface area contributed by atoms with Gasteiger partial charge in [0.1, 0.15) is 10.8 Å². The van der Waals surface area contributed by atoms with Crippen molar-refractivity contribution in [2.45, 2.75) is 6.04 Å². The predicted molar refractivity (Wildman–Crippen MR) is 112 cm³/mol. The molecule has 4 rings (SSSR count). The molecule has 2 heterocycles. The first-order valence-electron chi connectivity index (χ1n) is 8.53. The van der Waals surface area contributed by atoms with Gasteiger partial charge in [0.05, 0.1) is 16.3 Å². The van der Waals surface area contributed by atoms with E-state index in [0.29, 0.717) is 0 Å². The van der Waals surface area contributed by atoms with E-state index in [1.54, 1.807) is 6.07 Å². The number of thiazole rings is 1. The number of nitrogens with two attached hydrogens (primary N) is 1. The Kier molecular flexibility index (Phi) is 6.24. The molecule has 0 radical (unpaired) electrons. The van der Waals surface area contributed by atoms with Gasteiger partial charge >= 0.3 is 0 Å². The fourth-order valence-corrected chi connectivity index (χ4v) is 4.24. The first-order valence-corrected chi connectivity index (χ1v) is 9.34. The zero-order chi connectivity index (χ0) is 17.2. The molecule has 1 unspecified atom stereocenters. The molecule has 1 saturated heterocycles. The van der Waals surface area contributed by atoms with E-state index in [0.717, 1.165) is 47.9 Å². The summed E-state index contributed by atoms with van der Waals surface area (Å²) in [6, 6.07) is 15.1. The molecule has 0 aliphatic carbocycles. The number of hydrogen-bond acceptors (Lipinski definition) is 5. The number of piperazine rings is 1. The number of aromatic nitrogens is 1. The van der Waals surface area contributed by atoms with E-state index in [1.165, 1.54) is 29.2 Å². The second-order valence-electron chi connectivity index (χ2n) is 6.39. The molecule has 0 spiro atoms. The van der Waals surface area contributed by atoms with Gasteiger partial charge in [-0.3, -0.25) is 4.90 Å². The van der Waals surface area contributed by atoms with Gasteiger partial charge in [-0.05, 0) is 30.3 Å². The summed E-state index contributed by atoms with van der Waals surface area (Å²) < 4.78 is 14.2. The van der Waals surface area contributed by atoms with Crippen LogP contribution in [-0.4, -0.2) is 42.6 Å². The minimum Gasteiger partial charge on any atom is -0.369 e. The van der Waals surface area contributed by atoms with Crippen LogP contribution in [0.15, 0.2) is 48.5 Å².